The van der Waals surface area contributed by atoms with Crippen LogP contribution in [0.4, 0.5) is 0 Å². The van der Waals surface area contributed by atoms with Gasteiger partial charge in [-0.1, -0.05) is 6.08 Å². The van der Waals surface area contributed by atoms with E-state index in [1.54, 1.807) is 19.1 Å². The molecule has 12 heteroatoms. The van der Waals surface area contributed by atoms with Gasteiger partial charge in [0.2, 0.25) is 0 Å². The summed E-state index contributed by atoms with van der Waals surface area (Å²) >= 11 is 1.28. The predicted octanol–water partition coefficient (Wildman–Crippen LogP) is 3.43. The third-order valence-electron chi connectivity index (χ3n) is 8.59. The molecule has 3 aliphatic heterocycles. The number of hydrogen-bond donors (Lipinski definition) is 7. The minimum atomic E-state index is -0.938. The van der Waals surface area contributed by atoms with Gasteiger partial charge < -0.3 is 35.9 Å². The van der Waals surface area contributed by atoms with Gasteiger partial charge in [0, 0.05) is 64.3 Å². The summed E-state index contributed by atoms with van der Waals surface area (Å²) in [5.74, 6) is -1.29. The Balaban J connectivity index is 1.57. The number of carbonyl (C=O) groups is 4. The predicted molar refractivity (Wildman–Crippen MR) is 173 cm³/mol. The Labute approximate surface area is 264 Å². The standard InChI is InChI=1S/C33H36N4O7S/c1-5-18-21(13-38)26(36-33(18)44)10-22-15(2)19(6-8-29(39)40)24(34-22)12-25-20(7-9-30(41)42)16(3)23(35-25)11-27-31(28-14-45-28)17(4)32(43)37-27/h5,10-11,13,28,34-35,38H,6-9,12,14H2,1-4H3,(H,36,44)(H,37,43)(H,39,40)(H,41,42)/p+1/b18-5-,21-13+,26-10+,27-11-/t28-/m0/s1. The molecule has 1 atom stereocenters. The fourth-order valence-corrected chi connectivity index (χ4v) is 6.89. The molecule has 3 aliphatic rings. The van der Waals surface area contributed by atoms with Crippen molar-refractivity contribution in [3.63, 3.8) is 0 Å². The van der Waals surface area contributed by atoms with Gasteiger partial charge in [0.15, 0.2) is 11.0 Å². The fraction of sp³-hybridized carbons (Fsp3) is 0.333. The van der Waals surface area contributed by atoms with E-state index >= 15 is 0 Å². The number of aliphatic hydroxyl groups is 1. The Bertz CT molecular complexity index is 1780. The Morgan fingerprint density at radius 3 is 1.82 bits per heavy atom. The number of aliphatic carboxylic acids is 2. The zero-order valence-corrected chi connectivity index (χ0v) is 26.4. The van der Waals surface area contributed by atoms with Gasteiger partial charge in [-0.05, 0) is 86.7 Å². The van der Waals surface area contributed by atoms with Crippen LogP contribution in [0.15, 0.2) is 46.0 Å². The molecule has 2 aromatic heterocycles. The molecule has 0 bridgehead atoms. The van der Waals surface area contributed by atoms with Crippen molar-refractivity contribution >= 4 is 47.7 Å². The number of aromatic nitrogens is 2. The molecule has 5 rings (SSSR count). The van der Waals surface area contributed by atoms with Gasteiger partial charge in [0.1, 0.15) is 0 Å². The second kappa shape index (κ2) is 12.7. The van der Waals surface area contributed by atoms with E-state index in [0.29, 0.717) is 34.2 Å². The molecule has 11 nitrogen and oxygen atoms in total. The number of amides is 2. The van der Waals surface area contributed by atoms with Crippen LogP contribution in [0.3, 0.4) is 0 Å². The first kappa shape index (κ1) is 31.7. The second-order valence-corrected chi connectivity index (χ2v) is 12.7. The maximum absolute atomic E-state index is 12.5. The summed E-state index contributed by atoms with van der Waals surface area (Å²) in [4.78, 5) is 55.0. The van der Waals surface area contributed by atoms with Gasteiger partial charge in [0.05, 0.1) is 17.7 Å². The number of H-pyrrole nitrogens is 2. The average Bonchev–Trinajstić information content (AvgIpc) is 3.54. The van der Waals surface area contributed by atoms with E-state index < -0.39 is 11.9 Å². The number of hydrogen-bond acceptors (Lipinski definition) is 5. The number of carboxylic acid groups (broad SMARTS) is 2. The number of carbonyl (C=O) groups excluding carboxylic acids is 2. The number of nitrogens with one attached hydrogen (secondary N) is 4. The molecule has 45 heavy (non-hydrogen) atoms. The summed E-state index contributed by atoms with van der Waals surface area (Å²) in [6, 6.07) is 0. The Hall–Kier alpha value is -4.71. The third-order valence-corrected chi connectivity index (χ3v) is 9.58. The van der Waals surface area contributed by atoms with Gasteiger partial charge in [-0.3, -0.25) is 19.2 Å². The van der Waals surface area contributed by atoms with E-state index in [-0.39, 0.29) is 37.5 Å². The molecule has 2 saturated heterocycles. The zero-order chi connectivity index (χ0) is 32.6. The highest BCUT2D eigenvalue weighted by atomic mass is 32.2. The first-order valence-electron chi connectivity index (χ1n) is 14.7. The van der Waals surface area contributed by atoms with Crippen LogP contribution in [0.2, 0.25) is 0 Å². The molecule has 0 aliphatic carbocycles. The van der Waals surface area contributed by atoms with Crippen LogP contribution >= 0.6 is 0 Å². The van der Waals surface area contributed by atoms with E-state index in [1.807, 2.05) is 26.8 Å². The largest absolute Gasteiger partial charge is 0.515 e. The van der Waals surface area contributed by atoms with E-state index in [2.05, 4.69) is 20.6 Å². The van der Waals surface area contributed by atoms with Crippen LogP contribution in [0, 0.1) is 13.8 Å². The van der Waals surface area contributed by atoms with Gasteiger partial charge in [-0.15, -0.1) is 0 Å². The third kappa shape index (κ3) is 6.41. The number of thiol groups is 1. The molecular weight excluding hydrogens is 596 g/mol. The van der Waals surface area contributed by atoms with Crippen LogP contribution < -0.4 is 10.6 Å². The van der Waals surface area contributed by atoms with Crippen LogP contribution in [0.1, 0.15) is 71.7 Å². The lowest BCUT2D eigenvalue weighted by atomic mass is 9.98. The van der Waals surface area contributed by atoms with Crippen LogP contribution in [0.5, 0.6) is 0 Å². The monoisotopic (exact) mass is 633 g/mol. The van der Waals surface area contributed by atoms with Gasteiger partial charge >= 0.3 is 11.9 Å². The summed E-state index contributed by atoms with van der Waals surface area (Å²) in [5.41, 5.74) is 9.92. The molecule has 5 heterocycles. The summed E-state index contributed by atoms with van der Waals surface area (Å²) in [6.07, 6.45) is 6.86. The topological polar surface area (TPSA) is 185 Å². The van der Waals surface area contributed by atoms with Crippen molar-refractivity contribution in [3.8, 4) is 0 Å². The van der Waals surface area contributed by atoms with Crippen molar-refractivity contribution < 1.29 is 34.5 Å². The molecule has 7 N–H and O–H groups in total. The number of rotatable bonds is 11. The smallest absolute Gasteiger partial charge is 0.303 e. The lowest BCUT2D eigenvalue weighted by Crippen LogP contribution is -2.15. The SMILES string of the molecule is C\C=C1/C(=O)NC(=C/c2[nH]c(Cc3[nH]c(/C=C4\NC(=O)C(C)=C4[C@@H]4C[SH+]4)c(C)c3CCC(=O)O)c(CCC(=O)O)c2C)/C1=C/O. The lowest BCUT2D eigenvalue weighted by molar-refractivity contribution is -0.138. The molecule has 0 saturated carbocycles. The van der Waals surface area contributed by atoms with Gasteiger partial charge in [0.25, 0.3) is 11.8 Å². The zero-order valence-electron chi connectivity index (χ0n) is 25.6. The number of aromatic amines is 2. The fourth-order valence-electron chi connectivity index (χ4n) is 6.09. The molecule has 0 spiro atoms. The highest BCUT2D eigenvalue weighted by Gasteiger charge is 2.44. The Kier molecular flexibility index (Phi) is 8.96. The normalized spacial score (nSPS) is 21.5. The summed E-state index contributed by atoms with van der Waals surface area (Å²) in [7, 11) is 0. The second-order valence-electron chi connectivity index (χ2n) is 11.4. The van der Waals surface area contributed by atoms with E-state index in [1.165, 1.54) is 11.8 Å². The summed E-state index contributed by atoms with van der Waals surface area (Å²) < 4.78 is 0. The molecule has 0 aromatic carbocycles. The highest BCUT2D eigenvalue weighted by molar-refractivity contribution is 7.87. The van der Waals surface area contributed by atoms with Crippen molar-refractivity contribution in [3.05, 3.63) is 91.1 Å². The maximum atomic E-state index is 12.5. The first-order chi connectivity index (χ1) is 21.4. The Morgan fingerprint density at radius 1 is 0.844 bits per heavy atom. The van der Waals surface area contributed by atoms with Crippen LogP contribution in [0.25, 0.3) is 12.2 Å². The quantitative estimate of drug-likeness (QED) is 0.0650. The lowest BCUT2D eigenvalue weighted by Gasteiger charge is -2.07. The molecular formula is C33H37N4O7S+. The molecule has 236 valence electrons. The molecule has 0 radical (unpaired) electrons. The minimum absolute atomic E-state index is 0.0696. The van der Waals surface area contributed by atoms with Crippen molar-refractivity contribution in [1.29, 1.82) is 0 Å². The van der Waals surface area contributed by atoms with Crippen LogP contribution in [-0.4, -0.2) is 60.0 Å². The Morgan fingerprint density at radius 2 is 1.36 bits per heavy atom. The molecule has 2 fully saturated rings. The van der Waals surface area contributed by atoms with Crippen molar-refractivity contribution in [2.24, 2.45) is 0 Å². The van der Waals surface area contributed by atoms with Gasteiger partial charge in [-0.2, -0.15) is 0 Å². The number of allylic oxidation sites excluding steroid dienone is 3. The first-order valence-corrected chi connectivity index (χ1v) is 15.9. The van der Waals surface area contributed by atoms with Crippen LogP contribution in [-0.2, 0) is 50.2 Å². The molecule has 2 amide bonds. The van der Waals surface area contributed by atoms with Crippen molar-refractivity contribution in [1.82, 2.24) is 20.6 Å². The summed E-state index contributed by atoms with van der Waals surface area (Å²) in [6.45, 7) is 7.34. The number of aliphatic hydroxyl groups excluding tert-OH is 1. The van der Waals surface area contributed by atoms with E-state index in [4.69, 9.17) is 0 Å². The molecule has 2 aromatic rings. The van der Waals surface area contributed by atoms with E-state index in [9.17, 15) is 34.5 Å². The summed E-state index contributed by atoms with van der Waals surface area (Å²) in [5, 5.41) is 34.9. The van der Waals surface area contributed by atoms with Crippen molar-refractivity contribution in [2.45, 2.75) is 65.0 Å². The van der Waals surface area contributed by atoms with Gasteiger partial charge in [-0.25, -0.2) is 0 Å². The maximum Gasteiger partial charge on any atom is 0.303 e. The molecule has 0 unspecified atom stereocenters. The van der Waals surface area contributed by atoms with Crippen molar-refractivity contribution in [2.75, 3.05) is 5.75 Å². The van der Waals surface area contributed by atoms with E-state index in [0.717, 1.165) is 68.2 Å². The highest BCUT2D eigenvalue weighted by Crippen LogP contribution is 2.35. The minimum Gasteiger partial charge on any atom is -0.515 e. The average molecular weight is 634 g/mol. The number of carboxylic acids is 2.